The predicted octanol–water partition coefficient (Wildman–Crippen LogP) is 5.26. The zero-order chi connectivity index (χ0) is 23.8. The monoisotopic (exact) mass is 482 g/mol. The molecule has 0 aliphatic carbocycles. The van der Waals surface area contributed by atoms with Crippen molar-refractivity contribution in [2.75, 3.05) is 11.9 Å². The van der Waals surface area contributed by atoms with E-state index in [1.54, 1.807) is 12.1 Å². The van der Waals surface area contributed by atoms with Gasteiger partial charge in [0.25, 0.3) is 0 Å². The SMILES string of the molecule is CCc1nc2ccc(F)cc2n1-c1cccc(CNc2ccc3c(c2)OC[C@H]3OC(C)=O)c1C.[Na]. The number of anilines is 1. The Hall–Kier alpha value is -2.87. The fourth-order valence-electron chi connectivity index (χ4n) is 4.49. The molecule has 0 saturated heterocycles. The molecular weight excluding hydrogens is 456 g/mol. The average Bonchev–Trinajstić information content (AvgIpc) is 3.38. The quantitative estimate of drug-likeness (QED) is 0.300. The molecule has 8 heteroatoms. The van der Waals surface area contributed by atoms with Crippen molar-refractivity contribution in [3.05, 3.63) is 82.9 Å². The van der Waals surface area contributed by atoms with Crippen LogP contribution in [0.3, 0.4) is 0 Å². The molecule has 1 aromatic heterocycles. The molecule has 1 N–H and O–H groups in total. The van der Waals surface area contributed by atoms with Gasteiger partial charge < -0.3 is 14.8 Å². The number of halogens is 1. The van der Waals surface area contributed by atoms with Gasteiger partial charge >= 0.3 is 5.97 Å². The molecule has 0 saturated carbocycles. The number of aromatic nitrogens is 2. The van der Waals surface area contributed by atoms with Crippen LogP contribution in [0, 0.1) is 12.7 Å². The Bertz CT molecular complexity index is 1400. The van der Waals surface area contributed by atoms with E-state index in [0.717, 1.165) is 57.1 Å². The van der Waals surface area contributed by atoms with Gasteiger partial charge in [0.05, 0.1) is 16.7 Å². The molecule has 4 aromatic rings. The number of carbonyl (C=O) groups excluding carboxylic acids is 1. The maximum absolute atomic E-state index is 14.0. The van der Waals surface area contributed by atoms with Gasteiger partial charge in [-0.3, -0.25) is 9.36 Å². The number of hydrogen-bond donors (Lipinski definition) is 1. The molecule has 0 unspecified atom stereocenters. The summed E-state index contributed by atoms with van der Waals surface area (Å²) in [4.78, 5) is 16.0. The number of ether oxygens (including phenoxy) is 2. The minimum absolute atomic E-state index is 0. The van der Waals surface area contributed by atoms with Crippen LogP contribution in [-0.2, 0) is 22.5 Å². The van der Waals surface area contributed by atoms with Crippen LogP contribution in [0.15, 0.2) is 54.6 Å². The molecule has 0 fully saturated rings. The number of benzene rings is 3. The van der Waals surface area contributed by atoms with Gasteiger partial charge in [0.15, 0.2) is 6.10 Å². The smallest absolute Gasteiger partial charge is 0.303 e. The average molecular weight is 483 g/mol. The third kappa shape index (κ3) is 4.94. The fraction of sp³-hybridized carbons (Fsp3) is 0.259. The molecule has 3 aromatic carbocycles. The number of carbonyl (C=O) groups is 1. The molecule has 0 amide bonds. The summed E-state index contributed by atoms with van der Waals surface area (Å²) in [5, 5.41) is 3.46. The Morgan fingerprint density at radius 2 is 2.06 bits per heavy atom. The molecule has 0 bridgehead atoms. The number of nitrogens with zero attached hydrogens (tertiary/aromatic N) is 2. The van der Waals surface area contributed by atoms with Crippen LogP contribution in [0.1, 0.15) is 42.5 Å². The summed E-state index contributed by atoms with van der Waals surface area (Å²) in [6.45, 7) is 6.47. The Kier molecular flexibility index (Phi) is 7.50. The maximum Gasteiger partial charge on any atom is 0.303 e. The van der Waals surface area contributed by atoms with Crippen LogP contribution in [0.2, 0.25) is 0 Å². The van der Waals surface area contributed by atoms with E-state index in [-0.39, 0.29) is 47.4 Å². The van der Waals surface area contributed by atoms with E-state index in [1.807, 2.05) is 30.3 Å². The Morgan fingerprint density at radius 3 is 2.83 bits per heavy atom. The molecule has 35 heavy (non-hydrogen) atoms. The molecule has 0 spiro atoms. The van der Waals surface area contributed by atoms with Crippen LogP contribution in [0.5, 0.6) is 5.75 Å². The number of fused-ring (bicyclic) bond motifs is 2. The van der Waals surface area contributed by atoms with Crippen LogP contribution >= 0.6 is 0 Å². The van der Waals surface area contributed by atoms with Crippen molar-refractivity contribution in [3.8, 4) is 11.4 Å². The van der Waals surface area contributed by atoms with E-state index < -0.39 is 0 Å². The van der Waals surface area contributed by atoms with E-state index in [4.69, 9.17) is 14.5 Å². The summed E-state index contributed by atoms with van der Waals surface area (Å²) in [5.74, 6) is 1.02. The van der Waals surface area contributed by atoms with Gasteiger partial charge in [-0.25, -0.2) is 9.37 Å². The summed E-state index contributed by atoms with van der Waals surface area (Å²) in [5.41, 5.74) is 6.56. The summed E-state index contributed by atoms with van der Waals surface area (Å²) in [6, 6.07) is 16.7. The van der Waals surface area contributed by atoms with Gasteiger partial charge in [0, 0.05) is 72.8 Å². The van der Waals surface area contributed by atoms with E-state index in [1.165, 1.54) is 13.0 Å². The fourth-order valence-corrected chi connectivity index (χ4v) is 4.49. The second kappa shape index (κ2) is 10.4. The van der Waals surface area contributed by atoms with Crippen LogP contribution in [-0.4, -0.2) is 51.7 Å². The summed E-state index contributed by atoms with van der Waals surface area (Å²) < 4.78 is 27.1. The molecule has 1 aliphatic rings. The van der Waals surface area contributed by atoms with E-state index in [9.17, 15) is 9.18 Å². The molecule has 6 nitrogen and oxygen atoms in total. The Balaban J connectivity index is 0.00000289. The Labute approximate surface area is 225 Å². The summed E-state index contributed by atoms with van der Waals surface area (Å²) >= 11 is 0. The molecule has 175 valence electrons. The van der Waals surface area contributed by atoms with Gasteiger partial charge in [0.1, 0.15) is 24.0 Å². The standard InChI is InChI=1S/C27H26FN3O3.Na/c1-4-27-30-22-11-8-19(28)12-24(22)31(27)23-7-5-6-18(16(23)2)14-29-20-9-10-21-25(13-20)33-15-26(21)34-17(3)32;/h5-13,26,29H,4,14-15H2,1-3H3;/t26-;/m1./s1. The van der Waals surface area contributed by atoms with Crippen LogP contribution in [0.4, 0.5) is 10.1 Å². The molecule has 1 radical (unpaired) electrons. The van der Waals surface area contributed by atoms with Gasteiger partial charge in [-0.15, -0.1) is 0 Å². The minimum Gasteiger partial charge on any atom is -0.489 e. The van der Waals surface area contributed by atoms with E-state index in [0.29, 0.717) is 13.2 Å². The zero-order valence-electron chi connectivity index (χ0n) is 20.4. The molecule has 1 atom stereocenters. The van der Waals surface area contributed by atoms with E-state index in [2.05, 4.69) is 29.8 Å². The third-order valence-electron chi connectivity index (χ3n) is 6.20. The molecule has 1 aliphatic heterocycles. The van der Waals surface area contributed by atoms with Crippen molar-refractivity contribution in [2.24, 2.45) is 0 Å². The zero-order valence-corrected chi connectivity index (χ0v) is 22.4. The van der Waals surface area contributed by atoms with Crippen LogP contribution < -0.4 is 10.1 Å². The second-order valence-electron chi connectivity index (χ2n) is 8.43. The van der Waals surface area contributed by atoms with Crippen molar-refractivity contribution in [1.82, 2.24) is 9.55 Å². The van der Waals surface area contributed by atoms with Gasteiger partial charge in [-0.1, -0.05) is 19.1 Å². The first-order valence-electron chi connectivity index (χ1n) is 11.4. The Morgan fingerprint density at radius 1 is 1.23 bits per heavy atom. The number of nitrogens with one attached hydrogen (secondary N) is 1. The third-order valence-corrected chi connectivity index (χ3v) is 6.20. The number of aryl methyl sites for hydroxylation is 1. The first kappa shape index (κ1) is 25.2. The van der Waals surface area contributed by atoms with Crippen molar-refractivity contribution >= 4 is 52.2 Å². The molecule has 5 rings (SSSR count). The van der Waals surface area contributed by atoms with Crippen molar-refractivity contribution < 1.29 is 18.7 Å². The first-order valence-corrected chi connectivity index (χ1v) is 11.4. The van der Waals surface area contributed by atoms with Crippen LogP contribution in [0.25, 0.3) is 16.7 Å². The number of rotatable bonds is 6. The second-order valence-corrected chi connectivity index (χ2v) is 8.43. The normalized spacial score (nSPS) is 14.2. The van der Waals surface area contributed by atoms with Gasteiger partial charge in [0.2, 0.25) is 0 Å². The largest absolute Gasteiger partial charge is 0.489 e. The first-order chi connectivity index (χ1) is 16.4. The summed E-state index contributed by atoms with van der Waals surface area (Å²) in [7, 11) is 0. The van der Waals surface area contributed by atoms with Gasteiger partial charge in [-0.2, -0.15) is 0 Å². The summed E-state index contributed by atoms with van der Waals surface area (Å²) in [6.07, 6.45) is 0.380. The van der Waals surface area contributed by atoms with Gasteiger partial charge in [-0.05, 0) is 48.4 Å². The number of esters is 1. The maximum atomic E-state index is 14.0. The van der Waals surface area contributed by atoms with Crippen molar-refractivity contribution in [2.45, 2.75) is 39.8 Å². The predicted molar refractivity (Wildman–Crippen MR) is 135 cm³/mol. The van der Waals surface area contributed by atoms with E-state index >= 15 is 0 Å². The minimum atomic E-state index is -0.358. The topological polar surface area (TPSA) is 65.4 Å². The number of hydrogen-bond acceptors (Lipinski definition) is 5. The molecular formula is C27H26FN3NaO3. The number of imidazole rings is 1. The van der Waals surface area contributed by atoms with Crippen molar-refractivity contribution in [1.29, 1.82) is 0 Å². The van der Waals surface area contributed by atoms with Crippen molar-refractivity contribution in [3.63, 3.8) is 0 Å². The molecule has 2 heterocycles.